The quantitative estimate of drug-likeness (QED) is 0.870. The van der Waals surface area contributed by atoms with Crippen LogP contribution in [0.5, 0.6) is 0 Å². The number of benzene rings is 1. The SMILES string of the molecule is CS(=O)(=O)N1CCN(c2cccc(NC(=O)C3CCCO3)c2)CC1. The second-order valence-corrected chi connectivity index (χ2v) is 8.17. The van der Waals surface area contributed by atoms with E-state index in [2.05, 4.69) is 10.2 Å². The van der Waals surface area contributed by atoms with Crippen molar-refractivity contribution in [3.63, 3.8) is 0 Å². The van der Waals surface area contributed by atoms with Gasteiger partial charge in [-0.25, -0.2) is 8.42 Å². The second-order valence-electron chi connectivity index (χ2n) is 6.19. The van der Waals surface area contributed by atoms with Gasteiger partial charge in [-0.05, 0) is 31.0 Å². The van der Waals surface area contributed by atoms with E-state index in [1.54, 1.807) is 0 Å². The summed E-state index contributed by atoms with van der Waals surface area (Å²) in [6.07, 6.45) is 2.57. The number of nitrogens with zero attached hydrogens (tertiary/aromatic N) is 2. The minimum atomic E-state index is -3.13. The Morgan fingerprint density at radius 2 is 2.00 bits per heavy atom. The number of hydrogen-bond donors (Lipinski definition) is 1. The number of ether oxygens (including phenoxy) is 1. The van der Waals surface area contributed by atoms with E-state index in [9.17, 15) is 13.2 Å². The van der Waals surface area contributed by atoms with Crippen LogP contribution in [0.1, 0.15) is 12.8 Å². The van der Waals surface area contributed by atoms with E-state index in [1.807, 2.05) is 24.3 Å². The molecule has 8 heteroatoms. The molecule has 3 rings (SSSR count). The van der Waals surface area contributed by atoms with E-state index in [-0.39, 0.29) is 12.0 Å². The largest absolute Gasteiger partial charge is 0.369 e. The second kappa shape index (κ2) is 7.08. The number of sulfonamides is 1. The van der Waals surface area contributed by atoms with Crippen LogP contribution >= 0.6 is 0 Å². The van der Waals surface area contributed by atoms with Crippen molar-refractivity contribution in [1.29, 1.82) is 0 Å². The van der Waals surface area contributed by atoms with Gasteiger partial charge >= 0.3 is 0 Å². The van der Waals surface area contributed by atoms with Crippen molar-refractivity contribution in [2.45, 2.75) is 18.9 Å². The summed E-state index contributed by atoms with van der Waals surface area (Å²) in [5.74, 6) is -0.105. The predicted molar refractivity (Wildman–Crippen MR) is 92.7 cm³/mol. The van der Waals surface area contributed by atoms with Gasteiger partial charge in [0, 0.05) is 44.2 Å². The smallest absolute Gasteiger partial charge is 0.253 e. The molecule has 1 atom stereocenters. The maximum Gasteiger partial charge on any atom is 0.253 e. The van der Waals surface area contributed by atoms with E-state index in [0.29, 0.717) is 32.8 Å². The summed E-state index contributed by atoms with van der Waals surface area (Å²) in [5, 5.41) is 2.90. The normalized spacial score (nSPS) is 22.5. The van der Waals surface area contributed by atoms with Gasteiger partial charge in [-0.15, -0.1) is 0 Å². The zero-order chi connectivity index (χ0) is 17.2. The minimum Gasteiger partial charge on any atom is -0.369 e. The molecule has 1 N–H and O–H groups in total. The zero-order valence-electron chi connectivity index (χ0n) is 13.8. The van der Waals surface area contributed by atoms with Crippen molar-refractivity contribution in [3.05, 3.63) is 24.3 Å². The molecule has 1 aromatic carbocycles. The fraction of sp³-hybridized carbons (Fsp3) is 0.562. The fourth-order valence-corrected chi connectivity index (χ4v) is 3.89. The van der Waals surface area contributed by atoms with Crippen molar-refractivity contribution in [2.75, 3.05) is 49.3 Å². The standard InChI is InChI=1S/C16H23N3O4S/c1-24(21,22)19-9-7-18(8-10-19)14-5-2-4-13(12-14)17-16(20)15-6-3-11-23-15/h2,4-5,12,15H,3,6-11H2,1H3,(H,17,20). The molecule has 2 aliphatic heterocycles. The third-order valence-electron chi connectivity index (χ3n) is 4.41. The Labute approximate surface area is 142 Å². The number of amides is 1. The maximum absolute atomic E-state index is 12.1. The number of anilines is 2. The molecular weight excluding hydrogens is 330 g/mol. The monoisotopic (exact) mass is 353 g/mol. The Hall–Kier alpha value is -1.64. The first kappa shape index (κ1) is 17.2. The third-order valence-corrected chi connectivity index (χ3v) is 5.71. The van der Waals surface area contributed by atoms with Crippen LogP contribution in [0.25, 0.3) is 0 Å². The number of hydrogen-bond acceptors (Lipinski definition) is 5. The highest BCUT2D eigenvalue weighted by atomic mass is 32.2. The molecule has 1 amide bonds. The van der Waals surface area contributed by atoms with Crippen molar-refractivity contribution in [3.8, 4) is 0 Å². The molecule has 0 aliphatic carbocycles. The zero-order valence-corrected chi connectivity index (χ0v) is 14.6. The van der Waals surface area contributed by atoms with Crippen LogP contribution in [0.2, 0.25) is 0 Å². The minimum absolute atomic E-state index is 0.105. The predicted octanol–water partition coefficient (Wildman–Crippen LogP) is 0.886. The molecular formula is C16H23N3O4S. The van der Waals surface area contributed by atoms with Gasteiger partial charge in [-0.1, -0.05) is 6.07 Å². The summed E-state index contributed by atoms with van der Waals surface area (Å²) in [6.45, 7) is 2.87. The summed E-state index contributed by atoms with van der Waals surface area (Å²) < 4.78 is 30.0. The Balaban J connectivity index is 1.62. The van der Waals surface area contributed by atoms with Crippen molar-refractivity contribution < 1.29 is 17.9 Å². The number of carbonyl (C=O) groups excluding carboxylic acids is 1. The van der Waals surface area contributed by atoms with Gasteiger partial charge in [-0.3, -0.25) is 4.79 Å². The number of rotatable bonds is 4. The Bertz CT molecular complexity index is 693. The highest BCUT2D eigenvalue weighted by Crippen LogP contribution is 2.22. The highest BCUT2D eigenvalue weighted by molar-refractivity contribution is 7.88. The van der Waals surface area contributed by atoms with Gasteiger partial charge < -0.3 is 15.0 Å². The Kier molecular flexibility index (Phi) is 5.07. The van der Waals surface area contributed by atoms with Gasteiger partial charge in [0.25, 0.3) is 5.91 Å². The molecule has 0 aromatic heterocycles. The number of carbonyl (C=O) groups is 1. The van der Waals surface area contributed by atoms with Crippen molar-refractivity contribution >= 4 is 27.3 Å². The molecule has 2 fully saturated rings. The summed E-state index contributed by atoms with van der Waals surface area (Å²) in [5.41, 5.74) is 1.71. The van der Waals surface area contributed by atoms with Gasteiger partial charge in [0.1, 0.15) is 6.10 Å². The maximum atomic E-state index is 12.1. The number of piperazine rings is 1. The molecule has 2 aliphatic rings. The van der Waals surface area contributed by atoms with Gasteiger partial charge in [0.15, 0.2) is 0 Å². The van der Waals surface area contributed by atoms with Crippen molar-refractivity contribution in [1.82, 2.24) is 4.31 Å². The van der Waals surface area contributed by atoms with Gasteiger partial charge in [-0.2, -0.15) is 4.31 Å². The third kappa shape index (κ3) is 4.06. The topological polar surface area (TPSA) is 79.0 Å². The summed E-state index contributed by atoms with van der Waals surface area (Å²) in [7, 11) is -3.13. The molecule has 132 valence electrons. The van der Waals surface area contributed by atoms with E-state index in [0.717, 1.165) is 24.2 Å². The highest BCUT2D eigenvalue weighted by Gasteiger charge is 2.25. The fourth-order valence-electron chi connectivity index (χ4n) is 3.07. The number of nitrogens with one attached hydrogen (secondary N) is 1. The first-order valence-electron chi connectivity index (χ1n) is 8.16. The van der Waals surface area contributed by atoms with E-state index in [1.165, 1.54) is 10.6 Å². The molecule has 0 saturated carbocycles. The molecule has 1 aromatic rings. The van der Waals surface area contributed by atoms with Gasteiger partial charge in [0.2, 0.25) is 10.0 Å². The van der Waals surface area contributed by atoms with Crippen LogP contribution in [0, 0.1) is 0 Å². The lowest BCUT2D eigenvalue weighted by Gasteiger charge is -2.34. The lowest BCUT2D eigenvalue weighted by molar-refractivity contribution is -0.124. The summed E-state index contributed by atoms with van der Waals surface area (Å²) >= 11 is 0. The van der Waals surface area contributed by atoms with Gasteiger partial charge in [0.05, 0.1) is 6.26 Å². The first-order valence-corrected chi connectivity index (χ1v) is 10.0. The average Bonchev–Trinajstić information content (AvgIpc) is 3.09. The Morgan fingerprint density at radius 1 is 1.25 bits per heavy atom. The van der Waals surface area contributed by atoms with Crippen LogP contribution in [0.15, 0.2) is 24.3 Å². The lowest BCUT2D eigenvalue weighted by atomic mass is 10.2. The van der Waals surface area contributed by atoms with Crippen LogP contribution in [-0.4, -0.2) is 63.8 Å². The Morgan fingerprint density at radius 3 is 2.62 bits per heavy atom. The van der Waals surface area contributed by atoms with Crippen LogP contribution in [0.4, 0.5) is 11.4 Å². The molecule has 0 radical (unpaired) electrons. The van der Waals surface area contributed by atoms with E-state index < -0.39 is 10.0 Å². The summed E-state index contributed by atoms with van der Waals surface area (Å²) in [4.78, 5) is 14.3. The summed E-state index contributed by atoms with van der Waals surface area (Å²) in [6, 6.07) is 7.63. The van der Waals surface area contributed by atoms with Crippen molar-refractivity contribution in [2.24, 2.45) is 0 Å². The van der Waals surface area contributed by atoms with Crippen LogP contribution in [0.3, 0.4) is 0 Å². The molecule has 1 unspecified atom stereocenters. The van der Waals surface area contributed by atoms with Crippen LogP contribution in [-0.2, 0) is 19.6 Å². The van der Waals surface area contributed by atoms with Crippen LogP contribution < -0.4 is 10.2 Å². The average molecular weight is 353 g/mol. The molecule has 24 heavy (non-hydrogen) atoms. The molecule has 0 bridgehead atoms. The molecule has 7 nitrogen and oxygen atoms in total. The van der Waals surface area contributed by atoms with E-state index >= 15 is 0 Å². The van der Waals surface area contributed by atoms with E-state index in [4.69, 9.17) is 4.74 Å². The first-order chi connectivity index (χ1) is 11.4. The molecule has 2 heterocycles. The molecule has 0 spiro atoms. The lowest BCUT2D eigenvalue weighted by Crippen LogP contribution is -2.48. The molecule has 2 saturated heterocycles.